The second kappa shape index (κ2) is 5.79. The van der Waals surface area contributed by atoms with E-state index in [1.54, 1.807) is 0 Å². The smallest absolute Gasteiger partial charge is 0.0849 e. The van der Waals surface area contributed by atoms with Crippen LogP contribution in [0.15, 0.2) is 42.5 Å². The number of hydrogen-bond acceptors (Lipinski definition) is 0. The molecule has 106 valence electrons. The lowest BCUT2D eigenvalue weighted by Crippen LogP contribution is -2.10. The molecule has 0 amide bonds. The zero-order valence-corrected chi connectivity index (χ0v) is 13.9. The van der Waals surface area contributed by atoms with E-state index in [1.807, 2.05) is 25.1 Å². The number of alkyl halides is 1. The summed E-state index contributed by atoms with van der Waals surface area (Å²) in [7, 11) is 0. The van der Waals surface area contributed by atoms with Crippen molar-refractivity contribution in [1.82, 2.24) is 0 Å². The van der Waals surface area contributed by atoms with Crippen LogP contribution in [0.5, 0.6) is 0 Å². The molecule has 0 aliphatic carbocycles. The lowest BCUT2D eigenvalue weighted by atomic mass is 9.86. The second-order valence-corrected chi connectivity index (χ2v) is 7.10. The van der Waals surface area contributed by atoms with Gasteiger partial charge in [0, 0.05) is 5.02 Å². The molecular weight excluding hydrogens is 287 g/mol. The number of hydrogen-bond donors (Lipinski definition) is 0. The van der Waals surface area contributed by atoms with Crippen LogP contribution in [0.2, 0.25) is 5.02 Å². The van der Waals surface area contributed by atoms with Crippen LogP contribution in [0.25, 0.3) is 0 Å². The predicted molar refractivity (Wildman–Crippen MR) is 89.0 cm³/mol. The van der Waals surface area contributed by atoms with Crippen molar-refractivity contribution in [1.29, 1.82) is 0 Å². The third-order valence-electron chi connectivity index (χ3n) is 3.50. The van der Waals surface area contributed by atoms with Gasteiger partial charge >= 0.3 is 0 Å². The van der Waals surface area contributed by atoms with Crippen molar-refractivity contribution >= 4 is 23.2 Å². The molecule has 0 radical (unpaired) electrons. The molecule has 2 heteroatoms. The Morgan fingerprint density at radius 2 is 1.55 bits per heavy atom. The molecule has 0 aliphatic rings. The Bertz CT molecular complexity index is 592. The first kappa shape index (κ1) is 15.4. The maximum atomic E-state index is 6.57. The molecule has 0 nitrogen and oxygen atoms in total. The van der Waals surface area contributed by atoms with Crippen molar-refractivity contribution in [2.45, 2.75) is 38.5 Å². The van der Waals surface area contributed by atoms with E-state index in [2.05, 4.69) is 45.0 Å². The van der Waals surface area contributed by atoms with Gasteiger partial charge in [-0.3, -0.25) is 0 Å². The first-order valence-electron chi connectivity index (χ1n) is 6.79. The van der Waals surface area contributed by atoms with Crippen molar-refractivity contribution in [3.63, 3.8) is 0 Å². The Morgan fingerprint density at radius 1 is 0.950 bits per heavy atom. The predicted octanol–water partition coefficient (Wildman–Crippen LogP) is 6.27. The normalized spacial score (nSPS) is 13.3. The van der Waals surface area contributed by atoms with Gasteiger partial charge in [0.25, 0.3) is 0 Å². The van der Waals surface area contributed by atoms with Gasteiger partial charge in [-0.15, -0.1) is 11.6 Å². The molecule has 20 heavy (non-hydrogen) atoms. The molecule has 0 spiro atoms. The van der Waals surface area contributed by atoms with Crippen LogP contribution in [0, 0.1) is 6.92 Å². The van der Waals surface area contributed by atoms with Gasteiger partial charge in [0.15, 0.2) is 0 Å². The van der Waals surface area contributed by atoms with E-state index < -0.39 is 0 Å². The third-order valence-corrected chi connectivity index (χ3v) is 4.31. The largest absolute Gasteiger partial charge is 0.113 e. The fourth-order valence-electron chi connectivity index (χ4n) is 2.17. The molecule has 0 aromatic heterocycles. The minimum Gasteiger partial charge on any atom is -0.113 e. The van der Waals surface area contributed by atoms with Crippen LogP contribution < -0.4 is 0 Å². The molecule has 2 aromatic carbocycles. The molecule has 2 aromatic rings. The lowest BCUT2D eigenvalue weighted by molar-refractivity contribution is 0.590. The summed E-state index contributed by atoms with van der Waals surface area (Å²) in [6.45, 7) is 8.64. The molecule has 0 bridgehead atoms. The standard InChI is InChI=1S/C18H20Cl2/c1-12-5-10-15(16(19)11-12)17(20)13-6-8-14(9-7-13)18(2,3)4/h5-11,17H,1-4H3. The zero-order valence-electron chi connectivity index (χ0n) is 12.4. The topological polar surface area (TPSA) is 0 Å². The highest BCUT2D eigenvalue weighted by molar-refractivity contribution is 6.33. The van der Waals surface area contributed by atoms with Crippen molar-refractivity contribution in [2.24, 2.45) is 0 Å². The summed E-state index contributed by atoms with van der Waals surface area (Å²) in [6.07, 6.45) is 0. The Kier molecular flexibility index (Phi) is 4.46. The Hall–Kier alpha value is -0.980. The van der Waals surface area contributed by atoms with Gasteiger partial charge in [0.05, 0.1) is 5.38 Å². The molecule has 2 rings (SSSR count). The molecule has 0 aliphatic heterocycles. The Balaban J connectivity index is 2.31. The highest BCUT2D eigenvalue weighted by atomic mass is 35.5. The molecule has 0 N–H and O–H groups in total. The van der Waals surface area contributed by atoms with Crippen LogP contribution >= 0.6 is 23.2 Å². The Morgan fingerprint density at radius 3 is 2.05 bits per heavy atom. The van der Waals surface area contributed by atoms with Gasteiger partial charge in [-0.25, -0.2) is 0 Å². The summed E-state index contributed by atoms with van der Waals surface area (Å²) in [5.74, 6) is 0. The van der Waals surface area contributed by atoms with Gasteiger partial charge in [-0.05, 0) is 40.7 Å². The summed E-state index contributed by atoms with van der Waals surface area (Å²) in [4.78, 5) is 0. The Labute approximate surface area is 131 Å². The molecule has 1 unspecified atom stereocenters. The second-order valence-electron chi connectivity index (χ2n) is 6.26. The van der Waals surface area contributed by atoms with E-state index in [4.69, 9.17) is 23.2 Å². The van der Waals surface area contributed by atoms with Crippen LogP contribution in [0.1, 0.15) is 48.4 Å². The van der Waals surface area contributed by atoms with E-state index >= 15 is 0 Å². The summed E-state index contributed by atoms with van der Waals surface area (Å²) in [6, 6.07) is 14.5. The highest BCUT2D eigenvalue weighted by Crippen LogP contribution is 2.35. The van der Waals surface area contributed by atoms with Crippen molar-refractivity contribution in [3.8, 4) is 0 Å². The van der Waals surface area contributed by atoms with E-state index in [0.29, 0.717) is 0 Å². The van der Waals surface area contributed by atoms with Crippen LogP contribution in [0.4, 0.5) is 0 Å². The van der Waals surface area contributed by atoms with Crippen LogP contribution in [-0.4, -0.2) is 0 Å². The van der Waals surface area contributed by atoms with E-state index in [-0.39, 0.29) is 10.8 Å². The number of rotatable bonds is 2. The van der Waals surface area contributed by atoms with Crippen molar-refractivity contribution in [2.75, 3.05) is 0 Å². The van der Waals surface area contributed by atoms with Crippen LogP contribution in [0.3, 0.4) is 0 Å². The highest BCUT2D eigenvalue weighted by Gasteiger charge is 2.17. The monoisotopic (exact) mass is 306 g/mol. The van der Waals surface area contributed by atoms with Gasteiger partial charge in [0.2, 0.25) is 0 Å². The average Bonchev–Trinajstić information content (AvgIpc) is 2.37. The first-order valence-corrected chi connectivity index (χ1v) is 7.61. The summed E-state index contributed by atoms with van der Waals surface area (Å²) in [5.41, 5.74) is 4.64. The lowest BCUT2D eigenvalue weighted by Gasteiger charge is -2.20. The fourth-order valence-corrected chi connectivity index (χ4v) is 2.91. The van der Waals surface area contributed by atoms with Gasteiger partial charge in [-0.2, -0.15) is 0 Å². The summed E-state index contributed by atoms with van der Waals surface area (Å²) in [5, 5.41) is 0.516. The van der Waals surface area contributed by atoms with E-state index in [1.165, 1.54) is 5.56 Å². The molecule has 0 saturated heterocycles. The number of halogens is 2. The van der Waals surface area contributed by atoms with Gasteiger partial charge in [-0.1, -0.05) is 68.8 Å². The quantitative estimate of drug-likeness (QED) is 0.573. The van der Waals surface area contributed by atoms with Crippen molar-refractivity contribution in [3.05, 3.63) is 69.7 Å². The molecule has 1 atom stereocenters. The minimum atomic E-state index is -0.211. The summed E-state index contributed by atoms with van der Waals surface area (Å²) >= 11 is 12.9. The molecule has 0 fully saturated rings. The minimum absolute atomic E-state index is 0.155. The summed E-state index contributed by atoms with van der Waals surface area (Å²) < 4.78 is 0. The van der Waals surface area contributed by atoms with E-state index in [9.17, 15) is 0 Å². The SMILES string of the molecule is Cc1ccc(C(Cl)c2ccc(C(C)(C)C)cc2)c(Cl)c1. The van der Waals surface area contributed by atoms with Gasteiger partial charge < -0.3 is 0 Å². The molecule has 0 saturated carbocycles. The van der Waals surface area contributed by atoms with Gasteiger partial charge in [0.1, 0.15) is 0 Å². The maximum absolute atomic E-state index is 6.57. The zero-order chi connectivity index (χ0) is 14.9. The molecular formula is C18H20Cl2. The number of aryl methyl sites for hydroxylation is 1. The fraction of sp³-hybridized carbons (Fsp3) is 0.333. The van der Waals surface area contributed by atoms with Crippen LogP contribution in [-0.2, 0) is 5.41 Å². The maximum Gasteiger partial charge on any atom is 0.0849 e. The average molecular weight is 307 g/mol. The third kappa shape index (κ3) is 3.37. The molecule has 0 heterocycles. The number of benzene rings is 2. The first-order chi connectivity index (χ1) is 9.29. The van der Waals surface area contributed by atoms with Crippen molar-refractivity contribution < 1.29 is 0 Å². The van der Waals surface area contributed by atoms with E-state index in [0.717, 1.165) is 21.7 Å².